The zero-order valence-electron chi connectivity index (χ0n) is 17.6. The minimum atomic E-state index is -0.494. The molecule has 0 spiro atoms. The van der Waals surface area contributed by atoms with Crippen molar-refractivity contribution in [2.75, 3.05) is 13.1 Å². The van der Waals surface area contributed by atoms with E-state index in [1.807, 2.05) is 37.8 Å². The summed E-state index contributed by atoms with van der Waals surface area (Å²) >= 11 is 0. The molecule has 5 nitrogen and oxygen atoms in total. The first-order valence-electron chi connectivity index (χ1n) is 9.91. The van der Waals surface area contributed by atoms with E-state index in [9.17, 15) is 9.59 Å². The number of likely N-dealkylation sites (tertiary alicyclic amines) is 1. The normalized spacial score (nSPS) is 15.7. The van der Waals surface area contributed by atoms with Gasteiger partial charge < -0.3 is 14.5 Å². The SMILES string of the molecule is Cc1ccccc1CN(C(=O)C1CCN(C(=O)OC(C)(C)C)CC1)C(C)C. The third-order valence-electron chi connectivity index (χ3n) is 5.00. The smallest absolute Gasteiger partial charge is 0.410 e. The van der Waals surface area contributed by atoms with E-state index in [1.54, 1.807) is 4.90 Å². The number of rotatable bonds is 4. The van der Waals surface area contributed by atoms with Crippen molar-refractivity contribution >= 4 is 12.0 Å². The van der Waals surface area contributed by atoms with Crippen molar-refractivity contribution in [1.29, 1.82) is 0 Å². The Balaban J connectivity index is 1.98. The van der Waals surface area contributed by atoms with Gasteiger partial charge in [0.25, 0.3) is 0 Å². The van der Waals surface area contributed by atoms with Gasteiger partial charge in [-0.25, -0.2) is 4.79 Å². The minimum absolute atomic E-state index is 0.0323. The lowest BCUT2D eigenvalue weighted by Crippen LogP contribution is -2.47. The molecule has 2 amide bonds. The number of piperidine rings is 1. The van der Waals surface area contributed by atoms with E-state index in [-0.39, 0.29) is 24.0 Å². The maximum absolute atomic E-state index is 13.2. The molecular formula is C22H34N2O3. The van der Waals surface area contributed by atoms with Gasteiger partial charge in [-0.1, -0.05) is 24.3 Å². The summed E-state index contributed by atoms with van der Waals surface area (Å²) in [4.78, 5) is 29.1. The van der Waals surface area contributed by atoms with Crippen molar-refractivity contribution in [2.24, 2.45) is 5.92 Å². The average molecular weight is 375 g/mol. The maximum Gasteiger partial charge on any atom is 0.410 e. The summed E-state index contributed by atoms with van der Waals surface area (Å²) in [5, 5.41) is 0. The van der Waals surface area contributed by atoms with Crippen LogP contribution in [0.2, 0.25) is 0 Å². The number of hydrogen-bond donors (Lipinski definition) is 0. The predicted molar refractivity (Wildman–Crippen MR) is 107 cm³/mol. The largest absolute Gasteiger partial charge is 0.444 e. The molecule has 27 heavy (non-hydrogen) atoms. The van der Waals surface area contributed by atoms with Gasteiger partial charge in [-0.2, -0.15) is 0 Å². The highest BCUT2D eigenvalue weighted by Crippen LogP contribution is 2.24. The van der Waals surface area contributed by atoms with Gasteiger partial charge in [-0.05, 0) is 65.5 Å². The van der Waals surface area contributed by atoms with Crippen LogP contribution >= 0.6 is 0 Å². The van der Waals surface area contributed by atoms with Gasteiger partial charge in [0, 0.05) is 31.6 Å². The monoisotopic (exact) mass is 374 g/mol. The molecule has 0 radical (unpaired) electrons. The number of carbonyl (C=O) groups is 2. The van der Waals surface area contributed by atoms with Crippen LogP contribution < -0.4 is 0 Å². The molecule has 150 valence electrons. The number of carbonyl (C=O) groups excluding carboxylic acids is 2. The second-order valence-electron chi connectivity index (χ2n) is 8.73. The summed E-state index contributed by atoms with van der Waals surface area (Å²) in [5.41, 5.74) is 1.90. The first kappa shape index (κ1) is 21.3. The Morgan fingerprint density at radius 1 is 1.19 bits per heavy atom. The van der Waals surface area contributed by atoms with E-state index in [1.165, 1.54) is 11.1 Å². The maximum atomic E-state index is 13.2. The average Bonchev–Trinajstić information content (AvgIpc) is 2.59. The van der Waals surface area contributed by atoms with Gasteiger partial charge in [0.15, 0.2) is 0 Å². The van der Waals surface area contributed by atoms with Crippen LogP contribution in [0.3, 0.4) is 0 Å². The molecule has 5 heteroatoms. The first-order valence-corrected chi connectivity index (χ1v) is 9.91. The van der Waals surface area contributed by atoms with E-state index in [0.717, 1.165) is 0 Å². The number of ether oxygens (including phenoxy) is 1. The number of hydrogen-bond acceptors (Lipinski definition) is 3. The summed E-state index contributed by atoms with van der Waals surface area (Å²) in [5.74, 6) is 0.159. The molecule has 0 aliphatic carbocycles. The van der Waals surface area contributed by atoms with Crippen LogP contribution in [0.15, 0.2) is 24.3 Å². The molecule has 1 aliphatic heterocycles. The molecule has 1 aromatic rings. The lowest BCUT2D eigenvalue weighted by Gasteiger charge is -2.36. The third kappa shape index (κ3) is 5.98. The number of benzene rings is 1. The van der Waals surface area contributed by atoms with Crippen LogP contribution in [-0.4, -0.2) is 46.5 Å². The van der Waals surface area contributed by atoms with Crippen LogP contribution in [0.5, 0.6) is 0 Å². The summed E-state index contributed by atoms with van der Waals surface area (Å²) in [6.45, 7) is 13.6. The van der Waals surface area contributed by atoms with E-state index >= 15 is 0 Å². The Morgan fingerprint density at radius 3 is 2.30 bits per heavy atom. The summed E-state index contributed by atoms with van der Waals surface area (Å²) < 4.78 is 5.44. The van der Waals surface area contributed by atoms with Gasteiger partial charge in [0.1, 0.15) is 5.60 Å². The van der Waals surface area contributed by atoms with Gasteiger partial charge in [-0.15, -0.1) is 0 Å². The molecule has 1 aliphatic rings. The van der Waals surface area contributed by atoms with Crippen molar-refractivity contribution in [3.05, 3.63) is 35.4 Å². The number of aryl methyl sites for hydroxylation is 1. The second kappa shape index (κ2) is 8.77. The van der Waals surface area contributed by atoms with Gasteiger partial charge in [0.05, 0.1) is 0 Å². The summed E-state index contributed by atoms with van der Waals surface area (Å²) in [6.07, 6.45) is 1.10. The topological polar surface area (TPSA) is 49.9 Å². The van der Waals surface area contributed by atoms with Crippen molar-refractivity contribution in [1.82, 2.24) is 9.80 Å². The fourth-order valence-electron chi connectivity index (χ4n) is 3.36. The molecular weight excluding hydrogens is 340 g/mol. The Hall–Kier alpha value is -2.04. The molecule has 2 rings (SSSR count). The quantitative estimate of drug-likeness (QED) is 0.786. The highest BCUT2D eigenvalue weighted by Gasteiger charge is 2.32. The molecule has 0 N–H and O–H groups in total. The zero-order valence-corrected chi connectivity index (χ0v) is 17.6. The molecule has 0 atom stereocenters. The molecule has 1 aromatic carbocycles. The predicted octanol–water partition coefficient (Wildman–Crippen LogP) is 4.38. The van der Waals surface area contributed by atoms with Crippen molar-refractivity contribution in [3.8, 4) is 0 Å². The van der Waals surface area contributed by atoms with E-state index in [0.29, 0.717) is 32.5 Å². The number of amides is 2. The van der Waals surface area contributed by atoms with Crippen molar-refractivity contribution in [2.45, 2.75) is 72.6 Å². The van der Waals surface area contributed by atoms with Crippen LogP contribution in [0.25, 0.3) is 0 Å². The molecule has 1 saturated heterocycles. The van der Waals surface area contributed by atoms with Gasteiger partial charge in [0.2, 0.25) is 5.91 Å². The minimum Gasteiger partial charge on any atom is -0.444 e. The Bertz CT molecular complexity index is 656. The molecule has 0 bridgehead atoms. The summed E-state index contributed by atoms with van der Waals surface area (Å²) in [7, 11) is 0. The highest BCUT2D eigenvalue weighted by atomic mass is 16.6. The second-order valence-corrected chi connectivity index (χ2v) is 8.73. The molecule has 1 heterocycles. The third-order valence-corrected chi connectivity index (χ3v) is 5.00. The van der Waals surface area contributed by atoms with Crippen LogP contribution in [0, 0.1) is 12.8 Å². The number of nitrogens with zero attached hydrogens (tertiary/aromatic N) is 2. The van der Waals surface area contributed by atoms with E-state index < -0.39 is 5.60 Å². The zero-order chi connectivity index (χ0) is 20.2. The Morgan fingerprint density at radius 2 is 1.78 bits per heavy atom. The summed E-state index contributed by atoms with van der Waals surface area (Å²) in [6, 6.07) is 8.35. The fraction of sp³-hybridized carbons (Fsp3) is 0.636. The molecule has 1 fully saturated rings. The standard InChI is InChI=1S/C22H34N2O3/c1-16(2)24(15-19-10-8-7-9-17(19)3)20(25)18-11-13-23(14-12-18)21(26)27-22(4,5)6/h7-10,16,18H,11-15H2,1-6H3. The lowest BCUT2D eigenvalue weighted by molar-refractivity contribution is -0.139. The first-order chi connectivity index (χ1) is 12.6. The van der Waals surface area contributed by atoms with Gasteiger partial charge >= 0.3 is 6.09 Å². The Labute approximate surface area is 163 Å². The van der Waals surface area contributed by atoms with E-state index in [4.69, 9.17) is 4.74 Å². The molecule has 0 aromatic heterocycles. The van der Waals surface area contributed by atoms with E-state index in [2.05, 4.69) is 32.9 Å². The van der Waals surface area contributed by atoms with Crippen LogP contribution in [0.4, 0.5) is 4.79 Å². The molecule has 0 saturated carbocycles. The van der Waals surface area contributed by atoms with Crippen LogP contribution in [-0.2, 0) is 16.1 Å². The van der Waals surface area contributed by atoms with Crippen molar-refractivity contribution in [3.63, 3.8) is 0 Å². The Kier molecular flexibility index (Phi) is 6.90. The lowest BCUT2D eigenvalue weighted by atomic mass is 9.94. The van der Waals surface area contributed by atoms with Crippen molar-refractivity contribution < 1.29 is 14.3 Å². The van der Waals surface area contributed by atoms with Crippen LogP contribution in [0.1, 0.15) is 58.6 Å². The fourth-order valence-corrected chi connectivity index (χ4v) is 3.36. The molecule has 0 unspecified atom stereocenters. The highest BCUT2D eigenvalue weighted by molar-refractivity contribution is 5.79. The van der Waals surface area contributed by atoms with Gasteiger partial charge in [-0.3, -0.25) is 4.79 Å².